The van der Waals surface area contributed by atoms with Gasteiger partial charge in [-0.05, 0) is 24.6 Å². The molecule has 1 aliphatic rings. The Balaban J connectivity index is 1.50. The fourth-order valence-corrected chi connectivity index (χ4v) is 3.99. The van der Waals surface area contributed by atoms with Gasteiger partial charge in [0.1, 0.15) is 23.3 Å². The number of sulfonamides is 1. The number of ether oxygens (including phenoxy) is 1. The van der Waals surface area contributed by atoms with Crippen molar-refractivity contribution in [1.82, 2.24) is 14.7 Å². The van der Waals surface area contributed by atoms with Crippen molar-refractivity contribution in [3.05, 3.63) is 47.5 Å². The standard InChI is InChI=1S/C18H24FN5O3S/c1-14-22-17(12-18(23-14)24-8-10-27-11-9-24)20-6-7-21-28(25,26)13-15-2-4-16(19)5-3-15/h2-5,12,21H,6-11,13H2,1H3,(H,20,22,23). The van der Waals surface area contributed by atoms with E-state index in [2.05, 4.69) is 24.9 Å². The SMILES string of the molecule is Cc1nc(NCCNS(=O)(=O)Cc2ccc(F)cc2)cc(N2CCOCC2)n1. The number of nitrogens with one attached hydrogen (secondary N) is 2. The molecular formula is C18H24FN5O3S. The van der Waals surface area contributed by atoms with Crippen molar-refractivity contribution in [2.45, 2.75) is 12.7 Å². The van der Waals surface area contributed by atoms with Crippen LogP contribution >= 0.6 is 0 Å². The maximum Gasteiger partial charge on any atom is 0.215 e. The number of nitrogens with zero attached hydrogens (tertiary/aromatic N) is 3. The van der Waals surface area contributed by atoms with E-state index in [1.165, 1.54) is 24.3 Å². The van der Waals surface area contributed by atoms with Crippen molar-refractivity contribution in [1.29, 1.82) is 0 Å². The molecule has 0 radical (unpaired) electrons. The Hall–Kier alpha value is -2.30. The van der Waals surface area contributed by atoms with E-state index in [0.29, 0.717) is 37.0 Å². The van der Waals surface area contributed by atoms with Gasteiger partial charge in [-0.2, -0.15) is 0 Å². The first-order valence-electron chi connectivity index (χ1n) is 9.05. The lowest BCUT2D eigenvalue weighted by molar-refractivity contribution is 0.122. The molecule has 8 nitrogen and oxygen atoms in total. The number of hydrogen-bond donors (Lipinski definition) is 2. The van der Waals surface area contributed by atoms with Crippen LogP contribution in [-0.2, 0) is 20.5 Å². The Bertz CT molecular complexity index is 887. The second-order valence-corrected chi connectivity index (χ2v) is 8.27. The van der Waals surface area contributed by atoms with Gasteiger partial charge < -0.3 is 15.0 Å². The summed E-state index contributed by atoms with van der Waals surface area (Å²) >= 11 is 0. The minimum Gasteiger partial charge on any atom is -0.378 e. The summed E-state index contributed by atoms with van der Waals surface area (Å²) in [4.78, 5) is 10.9. The Morgan fingerprint density at radius 3 is 2.57 bits per heavy atom. The molecule has 2 heterocycles. The minimum atomic E-state index is -3.50. The second kappa shape index (κ2) is 9.26. The molecule has 0 unspecified atom stereocenters. The number of aromatic nitrogens is 2. The fraction of sp³-hybridized carbons (Fsp3) is 0.444. The number of rotatable bonds is 8. The Morgan fingerprint density at radius 2 is 1.86 bits per heavy atom. The van der Waals surface area contributed by atoms with Gasteiger partial charge in [0, 0.05) is 32.2 Å². The van der Waals surface area contributed by atoms with Gasteiger partial charge in [0.2, 0.25) is 10.0 Å². The van der Waals surface area contributed by atoms with Gasteiger partial charge in [-0.3, -0.25) is 0 Å². The van der Waals surface area contributed by atoms with E-state index >= 15 is 0 Å². The zero-order valence-electron chi connectivity index (χ0n) is 15.7. The summed E-state index contributed by atoms with van der Waals surface area (Å²) in [6, 6.07) is 7.27. The summed E-state index contributed by atoms with van der Waals surface area (Å²) in [6.45, 7) is 5.29. The van der Waals surface area contributed by atoms with Gasteiger partial charge in [-0.1, -0.05) is 12.1 Å². The minimum absolute atomic E-state index is 0.193. The highest BCUT2D eigenvalue weighted by atomic mass is 32.2. The van der Waals surface area contributed by atoms with Crippen molar-refractivity contribution in [2.75, 3.05) is 49.6 Å². The van der Waals surface area contributed by atoms with Crippen molar-refractivity contribution in [3.8, 4) is 0 Å². The van der Waals surface area contributed by atoms with Crippen LogP contribution in [0.3, 0.4) is 0 Å². The topological polar surface area (TPSA) is 96.5 Å². The van der Waals surface area contributed by atoms with Gasteiger partial charge in [0.25, 0.3) is 0 Å². The van der Waals surface area contributed by atoms with Crippen LogP contribution in [0.5, 0.6) is 0 Å². The molecule has 0 atom stereocenters. The van der Waals surface area contributed by atoms with E-state index in [-0.39, 0.29) is 12.3 Å². The molecule has 1 aromatic heterocycles. The number of morpholine rings is 1. The van der Waals surface area contributed by atoms with E-state index < -0.39 is 15.8 Å². The van der Waals surface area contributed by atoms with E-state index in [9.17, 15) is 12.8 Å². The third kappa shape index (κ3) is 6.11. The van der Waals surface area contributed by atoms with Crippen LogP contribution in [0.4, 0.5) is 16.0 Å². The Morgan fingerprint density at radius 1 is 1.14 bits per heavy atom. The molecule has 0 amide bonds. The molecule has 152 valence electrons. The van der Waals surface area contributed by atoms with Crippen LogP contribution in [0.15, 0.2) is 30.3 Å². The van der Waals surface area contributed by atoms with Crippen LogP contribution in [-0.4, -0.2) is 57.8 Å². The highest BCUT2D eigenvalue weighted by Gasteiger charge is 2.14. The van der Waals surface area contributed by atoms with Gasteiger partial charge in [-0.25, -0.2) is 27.5 Å². The van der Waals surface area contributed by atoms with E-state index in [1.807, 2.05) is 13.0 Å². The number of anilines is 2. The van der Waals surface area contributed by atoms with Crippen LogP contribution in [0, 0.1) is 12.7 Å². The van der Waals surface area contributed by atoms with E-state index in [0.717, 1.165) is 18.9 Å². The quantitative estimate of drug-likeness (QED) is 0.634. The normalized spacial score (nSPS) is 14.9. The predicted molar refractivity (Wildman–Crippen MR) is 105 cm³/mol. The van der Waals surface area contributed by atoms with Crippen molar-refractivity contribution < 1.29 is 17.5 Å². The first kappa shape index (κ1) is 20.4. The predicted octanol–water partition coefficient (Wildman–Crippen LogP) is 1.29. The van der Waals surface area contributed by atoms with E-state index in [4.69, 9.17) is 4.74 Å². The Kier molecular flexibility index (Phi) is 6.76. The van der Waals surface area contributed by atoms with Crippen molar-refractivity contribution in [3.63, 3.8) is 0 Å². The molecule has 0 aliphatic carbocycles. The molecule has 0 bridgehead atoms. The molecule has 1 fully saturated rings. The number of benzene rings is 1. The highest BCUT2D eigenvalue weighted by molar-refractivity contribution is 7.88. The van der Waals surface area contributed by atoms with Gasteiger partial charge in [0.05, 0.1) is 19.0 Å². The smallest absolute Gasteiger partial charge is 0.215 e. The summed E-state index contributed by atoms with van der Waals surface area (Å²) < 4.78 is 45.1. The average molecular weight is 409 g/mol. The molecule has 0 saturated carbocycles. The van der Waals surface area contributed by atoms with E-state index in [1.54, 1.807) is 0 Å². The summed E-state index contributed by atoms with van der Waals surface area (Å²) in [5.41, 5.74) is 0.531. The zero-order chi connectivity index (χ0) is 20.0. The molecule has 3 rings (SSSR count). The second-order valence-electron chi connectivity index (χ2n) is 6.46. The van der Waals surface area contributed by atoms with Crippen molar-refractivity contribution >= 4 is 21.7 Å². The lowest BCUT2D eigenvalue weighted by Gasteiger charge is -2.28. The lowest BCUT2D eigenvalue weighted by Crippen LogP contribution is -2.37. The third-order valence-electron chi connectivity index (χ3n) is 4.18. The van der Waals surface area contributed by atoms with Gasteiger partial charge >= 0.3 is 0 Å². The van der Waals surface area contributed by atoms with Gasteiger partial charge in [0.15, 0.2) is 0 Å². The van der Waals surface area contributed by atoms with Gasteiger partial charge in [-0.15, -0.1) is 0 Å². The molecule has 1 aliphatic heterocycles. The summed E-state index contributed by atoms with van der Waals surface area (Å²) in [5, 5.41) is 3.12. The molecule has 10 heteroatoms. The number of hydrogen-bond acceptors (Lipinski definition) is 7. The maximum absolute atomic E-state index is 12.9. The first-order chi connectivity index (χ1) is 13.4. The van der Waals surface area contributed by atoms with Crippen LogP contribution in [0.25, 0.3) is 0 Å². The monoisotopic (exact) mass is 409 g/mol. The molecule has 2 aromatic rings. The summed E-state index contributed by atoms with van der Waals surface area (Å²) in [7, 11) is -3.50. The molecular weight excluding hydrogens is 385 g/mol. The first-order valence-corrected chi connectivity index (χ1v) is 10.7. The molecule has 28 heavy (non-hydrogen) atoms. The third-order valence-corrected chi connectivity index (χ3v) is 5.54. The summed E-state index contributed by atoms with van der Waals surface area (Å²) in [5.74, 6) is 1.53. The summed E-state index contributed by atoms with van der Waals surface area (Å²) in [6.07, 6.45) is 0. The highest BCUT2D eigenvalue weighted by Crippen LogP contribution is 2.17. The fourth-order valence-electron chi connectivity index (χ4n) is 2.85. The van der Waals surface area contributed by atoms with Crippen LogP contribution < -0.4 is 14.9 Å². The maximum atomic E-state index is 12.9. The number of halogens is 1. The zero-order valence-corrected chi connectivity index (χ0v) is 16.5. The number of aryl methyl sites for hydroxylation is 1. The molecule has 0 spiro atoms. The van der Waals surface area contributed by atoms with Crippen LogP contribution in [0.1, 0.15) is 11.4 Å². The molecule has 1 aromatic carbocycles. The Labute approximate surface area is 164 Å². The molecule has 1 saturated heterocycles. The molecule has 2 N–H and O–H groups in total. The lowest BCUT2D eigenvalue weighted by atomic mass is 10.2. The van der Waals surface area contributed by atoms with Crippen molar-refractivity contribution in [2.24, 2.45) is 0 Å². The largest absolute Gasteiger partial charge is 0.378 e. The average Bonchev–Trinajstić information content (AvgIpc) is 2.67. The van der Waals surface area contributed by atoms with Crippen LogP contribution in [0.2, 0.25) is 0 Å².